The number of likely N-dealkylation sites (tertiary alicyclic amines) is 1. The average molecular weight is 458 g/mol. The molecule has 32 heavy (non-hydrogen) atoms. The largest absolute Gasteiger partial charge is 0.379 e. The first-order valence-electron chi connectivity index (χ1n) is 10.8. The molecule has 0 unspecified atom stereocenters. The number of ether oxygens (including phenoxy) is 1. The van der Waals surface area contributed by atoms with Crippen LogP contribution in [0.5, 0.6) is 0 Å². The van der Waals surface area contributed by atoms with E-state index in [9.17, 15) is 18.0 Å². The molecule has 0 spiro atoms. The van der Waals surface area contributed by atoms with Crippen LogP contribution in [0.25, 0.3) is 0 Å². The number of amides is 2. The van der Waals surface area contributed by atoms with Crippen LogP contribution in [-0.4, -0.2) is 68.8 Å². The van der Waals surface area contributed by atoms with E-state index in [0.29, 0.717) is 43.1 Å². The van der Waals surface area contributed by atoms with Gasteiger partial charge in [0, 0.05) is 43.0 Å². The van der Waals surface area contributed by atoms with Crippen molar-refractivity contribution in [2.45, 2.75) is 24.2 Å². The van der Waals surface area contributed by atoms with Gasteiger partial charge in [0.25, 0.3) is 11.8 Å². The van der Waals surface area contributed by atoms with Crippen LogP contribution in [0.2, 0.25) is 0 Å². The predicted octanol–water partition coefficient (Wildman–Crippen LogP) is 2.59. The minimum atomic E-state index is -3.60. The molecule has 0 aromatic heterocycles. The van der Waals surface area contributed by atoms with E-state index in [1.165, 1.54) is 28.6 Å². The lowest BCUT2D eigenvalue weighted by Gasteiger charge is -2.26. The Morgan fingerprint density at radius 2 is 1.38 bits per heavy atom. The van der Waals surface area contributed by atoms with Gasteiger partial charge < -0.3 is 15.0 Å². The van der Waals surface area contributed by atoms with Crippen molar-refractivity contribution in [3.63, 3.8) is 0 Å². The molecule has 0 aliphatic carbocycles. The van der Waals surface area contributed by atoms with Crippen molar-refractivity contribution in [2.24, 2.45) is 0 Å². The molecule has 0 bridgehead atoms. The molecular weight excluding hydrogens is 430 g/mol. The SMILES string of the molecule is O=C(Nc1ccc(C(=O)N2CCCCC2)cc1)c1ccc(S(=O)(=O)N2CCOCC2)cc1. The number of sulfonamides is 1. The van der Waals surface area contributed by atoms with Crippen molar-refractivity contribution in [1.29, 1.82) is 0 Å². The fourth-order valence-electron chi connectivity index (χ4n) is 3.89. The van der Waals surface area contributed by atoms with E-state index >= 15 is 0 Å². The fourth-order valence-corrected chi connectivity index (χ4v) is 5.30. The first-order valence-corrected chi connectivity index (χ1v) is 12.3. The highest BCUT2D eigenvalue weighted by molar-refractivity contribution is 7.89. The number of benzene rings is 2. The first kappa shape index (κ1) is 22.4. The third kappa shape index (κ3) is 5.01. The van der Waals surface area contributed by atoms with Crippen molar-refractivity contribution >= 4 is 27.5 Å². The maximum Gasteiger partial charge on any atom is 0.255 e. The van der Waals surface area contributed by atoms with Gasteiger partial charge >= 0.3 is 0 Å². The zero-order valence-corrected chi connectivity index (χ0v) is 18.6. The van der Waals surface area contributed by atoms with Crippen molar-refractivity contribution < 1.29 is 22.7 Å². The second-order valence-corrected chi connectivity index (χ2v) is 9.86. The van der Waals surface area contributed by atoms with E-state index < -0.39 is 10.0 Å². The summed E-state index contributed by atoms with van der Waals surface area (Å²) in [4.78, 5) is 27.2. The number of carbonyl (C=O) groups excluding carboxylic acids is 2. The molecule has 2 aliphatic heterocycles. The standard InChI is InChI=1S/C23H27N3O5S/c27-22(18-6-10-21(11-7-18)32(29,30)26-14-16-31-17-15-26)24-20-8-4-19(5-9-20)23(28)25-12-2-1-3-13-25/h4-11H,1-3,12-17H2,(H,24,27). The lowest BCUT2D eigenvalue weighted by Crippen LogP contribution is -2.40. The van der Waals surface area contributed by atoms with Crippen molar-refractivity contribution in [2.75, 3.05) is 44.7 Å². The Bertz CT molecular complexity index is 1060. The second-order valence-electron chi connectivity index (χ2n) is 7.93. The molecule has 1 N–H and O–H groups in total. The van der Waals surface area contributed by atoms with Crippen molar-refractivity contribution in [1.82, 2.24) is 9.21 Å². The molecule has 2 aromatic rings. The minimum Gasteiger partial charge on any atom is -0.379 e. The second kappa shape index (κ2) is 9.81. The van der Waals surface area contributed by atoms with Crippen LogP contribution in [-0.2, 0) is 14.8 Å². The van der Waals surface area contributed by atoms with Gasteiger partial charge in [-0.25, -0.2) is 8.42 Å². The van der Waals surface area contributed by atoms with Gasteiger partial charge in [0.05, 0.1) is 18.1 Å². The van der Waals surface area contributed by atoms with Gasteiger partial charge in [0.15, 0.2) is 0 Å². The molecule has 170 valence electrons. The zero-order chi connectivity index (χ0) is 22.6. The van der Waals surface area contributed by atoms with Gasteiger partial charge in [-0.15, -0.1) is 0 Å². The number of nitrogens with zero attached hydrogens (tertiary/aromatic N) is 2. The normalized spacial score (nSPS) is 17.7. The molecule has 0 radical (unpaired) electrons. The van der Waals surface area contributed by atoms with Gasteiger partial charge in [-0.05, 0) is 67.8 Å². The van der Waals surface area contributed by atoms with Crippen LogP contribution >= 0.6 is 0 Å². The quantitative estimate of drug-likeness (QED) is 0.745. The lowest BCUT2D eigenvalue weighted by molar-refractivity contribution is 0.0724. The highest BCUT2D eigenvalue weighted by Gasteiger charge is 2.26. The molecule has 0 atom stereocenters. The Kier molecular flexibility index (Phi) is 6.88. The number of nitrogens with one attached hydrogen (secondary N) is 1. The number of hydrogen-bond donors (Lipinski definition) is 1. The van der Waals surface area contributed by atoms with Crippen LogP contribution in [0.4, 0.5) is 5.69 Å². The Hall–Kier alpha value is -2.75. The highest BCUT2D eigenvalue weighted by Crippen LogP contribution is 2.19. The summed E-state index contributed by atoms with van der Waals surface area (Å²) in [7, 11) is -3.60. The first-order chi connectivity index (χ1) is 15.4. The number of anilines is 1. The van der Waals surface area contributed by atoms with Crippen molar-refractivity contribution in [3.05, 3.63) is 59.7 Å². The summed E-state index contributed by atoms with van der Waals surface area (Å²) < 4.78 is 32.0. The number of morpholine rings is 1. The van der Waals surface area contributed by atoms with Gasteiger partial charge in [-0.3, -0.25) is 9.59 Å². The summed E-state index contributed by atoms with van der Waals surface area (Å²) in [6.45, 7) is 2.97. The molecular formula is C23H27N3O5S. The summed E-state index contributed by atoms with van der Waals surface area (Å²) in [6, 6.07) is 12.7. The minimum absolute atomic E-state index is 0.0136. The fraction of sp³-hybridized carbons (Fsp3) is 0.391. The van der Waals surface area contributed by atoms with Gasteiger partial charge in [-0.2, -0.15) is 4.31 Å². The number of carbonyl (C=O) groups is 2. The molecule has 8 nitrogen and oxygen atoms in total. The molecule has 2 amide bonds. The number of piperidine rings is 1. The van der Waals surface area contributed by atoms with Crippen LogP contribution in [0.15, 0.2) is 53.4 Å². The smallest absolute Gasteiger partial charge is 0.255 e. The van der Waals surface area contributed by atoms with E-state index in [2.05, 4.69) is 5.32 Å². The number of hydrogen-bond acceptors (Lipinski definition) is 5. The third-order valence-electron chi connectivity index (χ3n) is 5.76. The van der Waals surface area contributed by atoms with E-state index in [1.807, 2.05) is 4.90 Å². The van der Waals surface area contributed by atoms with Crippen LogP contribution in [0, 0.1) is 0 Å². The summed E-state index contributed by atoms with van der Waals surface area (Å²) in [5.74, 6) is -0.338. The monoisotopic (exact) mass is 457 g/mol. The maximum absolute atomic E-state index is 12.7. The van der Waals surface area contributed by atoms with E-state index in [-0.39, 0.29) is 16.7 Å². The lowest BCUT2D eigenvalue weighted by atomic mass is 10.1. The predicted molar refractivity (Wildman–Crippen MR) is 120 cm³/mol. The van der Waals surface area contributed by atoms with E-state index in [4.69, 9.17) is 4.74 Å². The summed E-state index contributed by atoms with van der Waals surface area (Å²) in [6.07, 6.45) is 3.23. The Labute approximate surface area is 188 Å². The van der Waals surface area contributed by atoms with Crippen LogP contribution in [0.1, 0.15) is 40.0 Å². The van der Waals surface area contributed by atoms with Gasteiger partial charge in [0.1, 0.15) is 0 Å². The average Bonchev–Trinajstić information content (AvgIpc) is 2.85. The Morgan fingerprint density at radius 3 is 2.00 bits per heavy atom. The van der Waals surface area contributed by atoms with Crippen LogP contribution in [0.3, 0.4) is 0 Å². The van der Waals surface area contributed by atoms with Crippen LogP contribution < -0.4 is 5.32 Å². The third-order valence-corrected chi connectivity index (χ3v) is 7.67. The Morgan fingerprint density at radius 1 is 0.781 bits per heavy atom. The van der Waals surface area contributed by atoms with E-state index in [0.717, 1.165) is 32.4 Å². The molecule has 9 heteroatoms. The van der Waals surface area contributed by atoms with Gasteiger partial charge in [0.2, 0.25) is 10.0 Å². The molecule has 2 aliphatic rings. The maximum atomic E-state index is 12.7. The summed E-state index contributed by atoms with van der Waals surface area (Å²) in [5.41, 5.74) is 1.51. The number of rotatable bonds is 5. The van der Waals surface area contributed by atoms with Crippen molar-refractivity contribution in [3.8, 4) is 0 Å². The Balaban J connectivity index is 1.39. The van der Waals surface area contributed by atoms with Gasteiger partial charge in [-0.1, -0.05) is 0 Å². The molecule has 0 saturated carbocycles. The zero-order valence-electron chi connectivity index (χ0n) is 17.8. The summed E-state index contributed by atoms with van der Waals surface area (Å²) in [5, 5.41) is 2.79. The molecule has 4 rings (SSSR count). The molecule has 2 saturated heterocycles. The molecule has 2 heterocycles. The topological polar surface area (TPSA) is 96.0 Å². The molecule has 2 aromatic carbocycles. The molecule has 2 fully saturated rings. The highest BCUT2D eigenvalue weighted by atomic mass is 32.2. The van der Waals surface area contributed by atoms with E-state index in [1.54, 1.807) is 24.3 Å². The summed E-state index contributed by atoms with van der Waals surface area (Å²) >= 11 is 0.